The fourth-order valence-corrected chi connectivity index (χ4v) is 1.06. The van der Waals surface area contributed by atoms with Crippen molar-refractivity contribution in [2.45, 2.75) is 6.92 Å². The Labute approximate surface area is 85.7 Å². The molecule has 74 valence electrons. The smallest absolute Gasteiger partial charge is 0.423 e. The molecule has 3 nitrogen and oxygen atoms in total. The summed E-state index contributed by atoms with van der Waals surface area (Å²) in [6, 6.07) is 7.01. The lowest BCUT2D eigenvalue weighted by Crippen LogP contribution is -2.29. The van der Waals surface area contributed by atoms with Gasteiger partial charge in [-0.1, -0.05) is 24.3 Å². The molecule has 0 aliphatic heterocycles. The van der Waals surface area contributed by atoms with Gasteiger partial charge in [0, 0.05) is 12.2 Å². The van der Waals surface area contributed by atoms with E-state index < -0.39 is 7.12 Å². The normalized spacial score (nSPS) is 9.64. The van der Waals surface area contributed by atoms with E-state index >= 15 is 0 Å². The minimum absolute atomic E-state index is 0. The highest BCUT2D eigenvalue weighted by Gasteiger charge is 2.10. The summed E-state index contributed by atoms with van der Waals surface area (Å²) in [6.45, 7) is 6.38. The first-order valence-electron chi connectivity index (χ1n) is 4.44. The fraction of sp³-hybridized carbons (Fsp3) is 0.200. The summed E-state index contributed by atoms with van der Waals surface area (Å²) >= 11 is 0. The van der Waals surface area contributed by atoms with Gasteiger partial charge < -0.3 is 15.4 Å². The lowest BCUT2D eigenvalue weighted by atomic mass is 9.80. The molecule has 0 saturated heterocycles. The Kier molecular flexibility index (Phi) is 3.74. The zero-order valence-electron chi connectivity index (χ0n) is 9.20. The molecule has 0 saturated carbocycles. The van der Waals surface area contributed by atoms with Gasteiger partial charge in [0.1, 0.15) is 0 Å². The molecule has 0 unspecified atom stereocenters. The SMILES string of the molecule is C=C(C)CNc1cccc(B(O)O)c1.[H+]. The summed E-state index contributed by atoms with van der Waals surface area (Å²) in [5, 5.41) is 21.0. The van der Waals surface area contributed by atoms with E-state index in [-0.39, 0.29) is 1.43 Å². The molecule has 14 heavy (non-hydrogen) atoms. The third kappa shape index (κ3) is 3.24. The van der Waals surface area contributed by atoms with Gasteiger partial charge >= 0.3 is 8.55 Å². The molecule has 1 rings (SSSR count). The van der Waals surface area contributed by atoms with E-state index in [9.17, 15) is 0 Å². The Morgan fingerprint density at radius 1 is 1.57 bits per heavy atom. The molecule has 0 radical (unpaired) electrons. The summed E-state index contributed by atoms with van der Waals surface area (Å²) in [5.74, 6) is 0. The van der Waals surface area contributed by atoms with Gasteiger partial charge in [0.25, 0.3) is 0 Å². The molecule has 1 aromatic rings. The predicted molar refractivity (Wildman–Crippen MR) is 60.7 cm³/mol. The van der Waals surface area contributed by atoms with Crippen LogP contribution in [0.1, 0.15) is 8.35 Å². The summed E-state index contributed by atoms with van der Waals surface area (Å²) in [7, 11) is -1.42. The first-order valence-corrected chi connectivity index (χ1v) is 4.44. The van der Waals surface area contributed by atoms with Crippen LogP contribution in [0, 0.1) is 0 Å². The van der Waals surface area contributed by atoms with Crippen LogP contribution in [0.5, 0.6) is 0 Å². The molecule has 1 aromatic carbocycles. The van der Waals surface area contributed by atoms with E-state index in [2.05, 4.69) is 11.9 Å². The predicted octanol–water partition coefficient (Wildman–Crippen LogP) is 0.467. The molecule has 4 heteroatoms. The molecule has 0 atom stereocenters. The third-order valence-electron chi connectivity index (χ3n) is 1.78. The molecule has 0 amide bonds. The molecule has 0 heterocycles. The standard InChI is InChI=1S/C10H14BNO2/c1-8(2)7-12-10-5-3-4-9(6-10)11(13)14/h3-6,12-14H,1,7H2,2H3/p+1. The fourth-order valence-electron chi connectivity index (χ4n) is 1.06. The molecule has 3 N–H and O–H groups in total. The molecular formula is C10H15BNO2+. The van der Waals surface area contributed by atoms with Crippen molar-refractivity contribution in [1.82, 2.24) is 0 Å². The van der Waals surface area contributed by atoms with Gasteiger partial charge in [0.2, 0.25) is 0 Å². The van der Waals surface area contributed by atoms with E-state index in [1.54, 1.807) is 18.2 Å². The topological polar surface area (TPSA) is 52.5 Å². The van der Waals surface area contributed by atoms with E-state index in [1.165, 1.54) is 0 Å². The summed E-state index contributed by atoms with van der Waals surface area (Å²) in [6.07, 6.45) is 0. The van der Waals surface area contributed by atoms with Gasteiger partial charge in [0.15, 0.2) is 0 Å². The molecule has 0 spiro atoms. The Balaban J connectivity index is 0.00000196. The van der Waals surface area contributed by atoms with Gasteiger partial charge in [-0.05, 0) is 24.5 Å². The Bertz CT molecular complexity index is 331. The molecule has 0 aromatic heterocycles. The van der Waals surface area contributed by atoms with Gasteiger partial charge in [-0.3, -0.25) is 0 Å². The van der Waals surface area contributed by atoms with Crippen molar-refractivity contribution >= 4 is 18.3 Å². The Morgan fingerprint density at radius 2 is 2.29 bits per heavy atom. The van der Waals surface area contributed by atoms with Crippen molar-refractivity contribution in [3.8, 4) is 0 Å². The van der Waals surface area contributed by atoms with Crippen LogP contribution >= 0.6 is 0 Å². The Morgan fingerprint density at radius 3 is 2.86 bits per heavy atom. The molecule has 0 aliphatic rings. The van der Waals surface area contributed by atoms with Gasteiger partial charge in [-0.2, -0.15) is 0 Å². The van der Waals surface area contributed by atoms with Crippen molar-refractivity contribution in [3.05, 3.63) is 36.4 Å². The highest BCUT2D eigenvalue weighted by Crippen LogP contribution is 2.04. The second-order valence-corrected chi connectivity index (χ2v) is 3.31. The number of hydrogen-bond donors (Lipinski definition) is 3. The second-order valence-electron chi connectivity index (χ2n) is 3.31. The van der Waals surface area contributed by atoms with E-state index in [1.807, 2.05) is 13.0 Å². The first-order chi connectivity index (χ1) is 6.59. The second kappa shape index (κ2) is 4.84. The number of rotatable bonds is 4. The number of anilines is 1. The maximum absolute atomic E-state index is 8.94. The summed E-state index contributed by atoms with van der Waals surface area (Å²) in [5.41, 5.74) is 2.37. The van der Waals surface area contributed by atoms with E-state index in [0.29, 0.717) is 12.0 Å². The van der Waals surface area contributed by atoms with E-state index in [4.69, 9.17) is 10.0 Å². The quantitative estimate of drug-likeness (QED) is 0.480. The van der Waals surface area contributed by atoms with Crippen molar-refractivity contribution in [2.24, 2.45) is 0 Å². The summed E-state index contributed by atoms with van der Waals surface area (Å²) in [4.78, 5) is 0. The number of benzene rings is 1. The molecule has 0 bridgehead atoms. The van der Waals surface area contributed by atoms with Crippen LogP contribution in [0.15, 0.2) is 36.4 Å². The molecular weight excluding hydrogens is 177 g/mol. The van der Waals surface area contributed by atoms with Crippen molar-refractivity contribution < 1.29 is 11.5 Å². The maximum Gasteiger partial charge on any atom is 1.00 e. The molecule has 0 aliphatic carbocycles. The van der Waals surface area contributed by atoms with Gasteiger partial charge in [-0.15, -0.1) is 0 Å². The zero-order valence-corrected chi connectivity index (χ0v) is 8.20. The van der Waals surface area contributed by atoms with Crippen LogP contribution in [-0.4, -0.2) is 23.7 Å². The largest absolute Gasteiger partial charge is 1.00 e. The lowest BCUT2D eigenvalue weighted by molar-refractivity contribution is 0.426. The van der Waals surface area contributed by atoms with Crippen LogP contribution < -0.4 is 10.8 Å². The molecule has 0 fully saturated rings. The zero-order chi connectivity index (χ0) is 10.6. The number of hydrogen-bond acceptors (Lipinski definition) is 3. The van der Waals surface area contributed by atoms with Crippen LogP contribution in [0.4, 0.5) is 5.69 Å². The minimum Gasteiger partial charge on any atom is -0.423 e. The third-order valence-corrected chi connectivity index (χ3v) is 1.78. The van der Waals surface area contributed by atoms with Crippen molar-refractivity contribution in [3.63, 3.8) is 0 Å². The Hall–Kier alpha value is -1.26. The van der Waals surface area contributed by atoms with Crippen LogP contribution in [-0.2, 0) is 0 Å². The van der Waals surface area contributed by atoms with Gasteiger partial charge in [-0.25, -0.2) is 0 Å². The monoisotopic (exact) mass is 192 g/mol. The maximum atomic E-state index is 8.94. The average Bonchev–Trinajstić information content (AvgIpc) is 2.15. The highest BCUT2D eigenvalue weighted by atomic mass is 16.4. The van der Waals surface area contributed by atoms with Crippen molar-refractivity contribution in [2.75, 3.05) is 11.9 Å². The number of nitrogens with one attached hydrogen (secondary N) is 1. The summed E-state index contributed by atoms with van der Waals surface area (Å²) < 4.78 is 0. The van der Waals surface area contributed by atoms with Crippen LogP contribution in [0.2, 0.25) is 0 Å². The van der Waals surface area contributed by atoms with E-state index in [0.717, 1.165) is 11.3 Å². The van der Waals surface area contributed by atoms with Crippen LogP contribution in [0.3, 0.4) is 0 Å². The highest BCUT2D eigenvalue weighted by molar-refractivity contribution is 6.58. The average molecular weight is 192 g/mol. The minimum atomic E-state index is -1.42. The van der Waals surface area contributed by atoms with Crippen LogP contribution in [0.25, 0.3) is 0 Å². The van der Waals surface area contributed by atoms with Crippen molar-refractivity contribution in [1.29, 1.82) is 0 Å². The van der Waals surface area contributed by atoms with Gasteiger partial charge in [0.05, 0.1) is 0 Å². The lowest BCUT2D eigenvalue weighted by Gasteiger charge is -2.07. The first kappa shape index (κ1) is 10.8.